The fourth-order valence-electron chi connectivity index (χ4n) is 4.00. The summed E-state index contributed by atoms with van der Waals surface area (Å²) in [5, 5.41) is 15.1. The number of amides is 2. The van der Waals surface area contributed by atoms with E-state index in [1.807, 2.05) is 48.5 Å². The molecular formula is C27H32N4O4S. The van der Waals surface area contributed by atoms with Crippen LogP contribution in [0.4, 0.5) is 5.13 Å². The lowest BCUT2D eigenvalue weighted by molar-refractivity contribution is -0.126. The van der Waals surface area contributed by atoms with Gasteiger partial charge in [-0.2, -0.15) is 0 Å². The SMILES string of the molecule is CCCCCCCCC(=O)NC(Cc1ccccc1)C(=O)Nc1nnc(-c2ccc3c(c2)OCO3)s1. The second-order valence-corrected chi connectivity index (χ2v) is 9.77. The summed E-state index contributed by atoms with van der Waals surface area (Å²) >= 11 is 1.26. The van der Waals surface area contributed by atoms with Gasteiger partial charge in [-0.05, 0) is 30.2 Å². The molecule has 2 aromatic carbocycles. The monoisotopic (exact) mass is 508 g/mol. The molecule has 9 heteroatoms. The summed E-state index contributed by atoms with van der Waals surface area (Å²) in [5.41, 5.74) is 1.79. The van der Waals surface area contributed by atoms with Gasteiger partial charge in [-0.15, -0.1) is 10.2 Å². The van der Waals surface area contributed by atoms with E-state index in [0.29, 0.717) is 34.5 Å². The number of aromatic nitrogens is 2. The number of anilines is 1. The molecule has 2 amide bonds. The van der Waals surface area contributed by atoms with Crippen LogP contribution in [0.15, 0.2) is 48.5 Å². The van der Waals surface area contributed by atoms with Crippen molar-refractivity contribution in [3.05, 3.63) is 54.1 Å². The third kappa shape index (κ3) is 7.27. The quantitative estimate of drug-likeness (QED) is 0.302. The van der Waals surface area contributed by atoms with Gasteiger partial charge in [0, 0.05) is 18.4 Å². The Kier molecular flexibility index (Phi) is 9.27. The van der Waals surface area contributed by atoms with Crippen LogP contribution in [0.1, 0.15) is 57.4 Å². The molecule has 0 saturated heterocycles. The summed E-state index contributed by atoms with van der Waals surface area (Å²) in [6, 6.07) is 14.5. The topological polar surface area (TPSA) is 102 Å². The zero-order valence-electron chi connectivity index (χ0n) is 20.5. The molecule has 0 spiro atoms. The van der Waals surface area contributed by atoms with E-state index in [4.69, 9.17) is 9.47 Å². The number of hydrogen-bond acceptors (Lipinski definition) is 7. The molecule has 0 bridgehead atoms. The van der Waals surface area contributed by atoms with E-state index < -0.39 is 6.04 Å². The van der Waals surface area contributed by atoms with Gasteiger partial charge in [-0.25, -0.2) is 0 Å². The lowest BCUT2D eigenvalue weighted by Gasteiger charge is -2.18. The predicted octanol–water partition coefficient (Wildman–Crippen LogP) is 5.35. The average molecular weight is 509 g/mol. The van der Waals surface area contributed by atoms with E-state index in [0.717, 1.165) is 30.4 Å². The molecule has 4 rings (SSSR count). The second kappa shape index (κ2) is 13.0. The largest absolute Gasteiger partial charge is 0.454 e. The van der Waals surface area contributed by atoms with Crippen LogP contribution in [-0.4, -0.2) is 34.8 Å². The Morgan fingerprint density at radius 1 is 0.972 bits per heavy atom. The van der Waals surface area contributed by atoms with Crippen molar-refractivity contribution in [2.24, 2.45) is 0 Å². The van der Waals surface area contributed by atoms with Gasteiger partial charge in [-0.1, -0.05) is 80.7 Å². The van der Waals surface area contributed by atoms with Crippen molar-refractivity contribution in [3.63, 3.8) is 0 Å². The number of carbonyl (C=O) groups excluding carboxylic acids is 2. The third-order valence-electron chi connectivity index (χ3n) is 5.97. The Balaban J connectivity index is 1.37. The van der Waals surface area contributed by atoms with Gasteiger partial charge >= 0.3 is 0 Å². The lowest BCUT2D eigenvalue weighted by Crippen LogP contribution is -2.45. The summed E-state index contributed by atoms with van der Waals surface area (Å²) in [6.07, 6.45) is 7.42. The van der Waals surface area contributed by atoms with Gasteiger partial charge in [0.05, 0.1) is 0 Å². The first-order valence-corrected chi connectivity index (χ1v) is 13.3. The van der Waals surface area contributed by atoms with Crippen LogP contribution in [0, 0.1) is 0 Å². The maximum atomic E-state index is 13.2. The second-order valence-electron chi connectivity index (χ2n) is 8.80. The molecule has 1 aliphatic heterocycles. The molecule has 2 heterocycles. The van der Waals surface area contributed by atoms with Crippen LogP contribution >= 0.6 is 11.3 Å². The summed E-state index contributed by atoms with van der Waals surface area (Å²) in [6.45, 7) is 2.38. The molecule has 1 aromatic heterocycles. The highest BCUT2D eigenvalue weighted by Gasteiger charge is 2.23. The van der Waals surface area contributed by atoms with Crippen molar-refractivity contribution < 1.29 is 19.1 Å². The summed E-state index contributed by atoms with van der Waals surface area (Å²) < 4.78 is 10.8. The number of carbonyl (C=O) groups is 2. The normalized spacial score (nSPS) is 12.8. The van der Waals surface area contributed by atoms with Gasteiger partial charge in [-0.3, -0.25) is 14.9 Å². The van der Waals surface area contributed by atoms with E-state index >= 15 is 0 Å². The van der Waals surface area contributed by atoms with E-state index in [1.165, 1.54) is 30.6 Å². The van der Waals surface area contributed by atoms with Crippen LogP contribution in [0.5, 0.6) is 11.5 Å². The number of unbranched alkanes of at least 4 members (excludes halogenated alkanes) is 5. The van der Waals surface area contributed by atoms with E-state index in [2.05, 4.69) is 27.8 Å². The Bertz CT molecular complexity index is 1150. The van der Waals surface area contributed by atoms with E-state index in [9.17, 15) is 9.59 Å². The maximum Gasteiger partial charge on any atom is 0.249 e. The van der Waals surface area contributed by atoms with Crippen LogP contribution in [-0.2, 0) is 16.0 Å². The average Bonchev–Trinajstić information content (AvgIpc) is 3.55. The van der Waals surface area contributed by atoms with Crippen molar-refractivity contribution in [3.8, 4) is 22.1 Å². The summed E-state index contributed by atoms with van der Waals surface area (Å²) in [7, 11) is 0. The molecule has 1 aliphatic rings. The molecule has 36 heavy (non-hydrogen) atoms. The lowest BCUT2D eigenvalue weighted by atomic mass is 10.0. The molecule has 3 aromatic rings. The Morgan fingerprint density at radius 2 is 1.75 bits per heavy atom. The highest BCUT2D eigenvalue weighted by atomic mass is 32.1. The Morgan fingerprint density at radius 3 is 2.58 bits per heavy atom. The van der Waals surface area contributed by atoms with E-state index in [1.54, 1.807) is 0 Å². The minimum absolute atomic E-state index is 0.111. The number of benzene rings is 2. The van der Waals surface area contributed by atoms with Crippen LogP contribution in [0.3, 0.4) is 0 Å². The number of ether oxygens (including phenoxy) is 2. The van der Waals surface area contributed by atoms with Crippen LogP contribution in [0.2, 0.25) is 0 Å². The molecule has 2 N–H and O–H groups in total. The van der Waals surface area contributed by atoms with Gasteiger partial charge in [0.25, 0.3) is 0 Å². The number of fused-ring (bicyclic) bond motifs is 1. The van der Waals surface area contributed by atoms with Crippen molar-refractivity contribution in [2.45, 2.75) is 64.3 Å². The highest BCUT2D eigenvalue weighted by Crippen LogP contribution is 2.37. The minimum Gasteiger partial charge on any atom is -0.454 e. The molecule has 0 aliphatic carbocycles. The molecule has 190 valence electrons. The summed E-state index contributed by atoms with van der Waals surface area (Å²) in [5.74, 6) is 0.921. The van der Waals surface area contributed by atoms with Crippen molar-refractivity contribution in [1.82, 2.24) is 15.5 Å². The molecule has 8 nitrogen and oxygen atoms in total. The first kappa shape index (κ1) is 25.6. The standard InChI is InChI=1S/C27H32N4O4S/c1-2-3-4-5-6-10-13-24(32)28-21(16-19-11-8-7-9-12-19)25(33)29-27-31-30-26(36-27)20-14-15-22-23(17-20)35-18-34-22/h7-9,11-12,14-15,17,21H,2-6,10,13,16,18H2,1H3,(H,28,32)(H,29,31,33). The Hall–Kier alpha value is -3.46. The molecule has 1 unspecified atom stereocenters. The number of rotatable bonds is 13. The number of hydrogen-bond donors (Lipinski definition) is 2. The fourth-order valence-corrected chi connectivity index (χ4v) is 4.75. The third-order valence-corrected chi connectivity index (χ3v) is 6.85. The maximum absolute atomic E-state index is 13.2. The fraction of sp³-hybridized carbons (Fsp3) is 0.407. The van der Waals surface area contributed by atoms with Crippen molar-refractivity contribution in [2.75, 3.05) is 12.1 Å². The first-order chi connectivity index (χ1) is 17.6. The zero-order valence-corrected chi connectivity index (χ0v) is 21.3. The molecule has 0 fully saturated rings. The smallest absolute Gasteiger partial charge is 0.249 e. The highest BCUT2D eigenvalue weighted by molar-refractivity contribution is 7.18. The predicted molar refractivity (Wildman–Crippen MR) is 140 cm³/mol. The number of nitrogens with zero attached hydrogens (tertiary/aromatic N) is 2. The van der Waals surface area contributed by atoms with Gasteiger partial charge < -0.3 is 14.8 Å². The number of nitrogens with one attached hydrogen (secondary N) is 2. The molecule has 0 saturated carbocycles. The van der Waals surface area contributed by atoms with Gasteiger partial charge in [0.15, 0.2) is 11.5 Å². The van der Waals surface area contributed by atoms with E-state index in [-0.39, 0.29) is 18.6 Å². The van der Waals surface area contributed by atoms with Crippen LogP contribution < -0.4 is 20.1 Å². The molecule has 1 atom stereocenters. The van der Waals surface area contributed by atoms with Gasteiger partial charge in [0.1, 0.15) is 11.0 Å². The minimum atomic E-state index is -0.710. The molecule has 0 radical (unpaired) electrons. The van der Waals surface area contributed by atoms with Crippen molar-refractivity contribution in [1.29, 1.82) is 0 Å². The van der Waals surface area contributed by atoms with Crippen LogP contribution in [0.25, 0.3) is 10.6 Å². The summed E-state index contributed by atoms with van der Waals surface area (Å²) in [4.78, 5) is 25.8. The van der Waals surface area contributed by atoms with Gasteiger partial charge in [0.2, 0.25) is 23.7 Å². The first-order valence-electron chi connectivity index (χ1n) is 12.5. The van der Waals surface area contributed by atoms with Crippen molar-refractivity contribution >= 4 is 28.3 Å². The Labute approximate surface area is 215 Å². The molecular weight excluding hydrogens is 476 g/mol. The zero-order chi connectivity index (χ0) is 25.2.